The molecule has 3 heterocycles. The second-order valence-corrected chi connectivity index (χ2v) is 6.35. The van der Waals surface area contributed by atoms with E-state index in [2.05, 4.69) is 5.32 Å². The predicted molar refractivity (Wildman–Crippen MR) is 92.3 cm³/mol. The fraction of sp³-hybridized carbons (Fsp3) is 0.167. The Hall–Kier alpha value is -2.73. The van der Waals surface area contributed by atoms with Gasteiger partial charge in [-0.15, -0.1) is 11.3 Å². The molecule has 1 atom stereocenters. The molecule has 0 bridgehead atoms. The number of carbonyl (C=O) groups excluding carboxylic acids is 1. The summed E-state index contributed by atoms with van der Waals surface area (Å²) in [4.78, 5) is 13.2. The van der Waals surface area contributed by atoms with Crippen LogP contribution >= 0.6 is 11.3 Å². The largest absolute Gasteiger partial charge is 0.486 e. The Bertz CT molecular complexity index is 842. The predicted octanol–water partition coefficient (Wildman–Crippen LogP) is 3.11. The Labute approximate surface area is 143 Å². The van der Waals surface area contributed by atoms with E-state index >= 15 is 0 Å². The van der Waals surface area contributed by atoms with Crippen LogP contribution in [0.1, 0.15) is 9.67 Å². The normalized spacial score (nSPS) is 15.9. The van der Waals surface area contributed by atoms with Crippen molar-refractivity contribution in [3.63, 3.8) is 0 Å². The smallest absolute Gasteiger partial charge is 0.263 e. The Balaban J connectivity index is 1.41. The number of amides is 1. The Kier molecular flexibility index (Phi) is 3.96. The number of ether oxygens (including phenoxy) is 2. The van der Waals surface area contributed by atoms with Crippen LogP contribution in [0.15, 0.2) is 60.2 Å². The molecule has 4 rings (SSSR count). The number of rotatable bonds is 4. The second-order valence-electron chi connectivity index (χ2n) is 5.43. The number of hydrogen-bond donors (Lipinski definition) is 1. The molecule has 1 aliphatic heterocycles. The standard InChI is InChI=1S/C18H16N2O3S/c21-18(17-14(7-10-24-17)20-8-3-4-9-20)19-11-13-12-22-15-5-1-2-6-16(15)23-13/h1-10,13H,11-12H2,(H,19,21)/t13-/m0/s1. The van der Waals surface area contributed by atoms with Gasteiger partial charge in [0.15, 0.2) is 11.5 Å². The lowest BCUT2D eigenvalue weighted by Gasteiger charge is -2.26. The number of fused-ring (bicyclic) bond motifs is 1. The lowest BCUT2D eigenvalue weighted by molar-refractivity contribution is 0.0791. The maximum Gasteiger partial charge on any atom is 0.263 e. The third kappa shape index (κ3) is 2.88. The number of hydrogen-bond acceptors (Lipinski definition) is 4. The van der Waals surface area contributed by atoms with E-state index in [-0.39, 0.29) is 12.0 Å². The van der Waals surface area contributed by atoms with Gasteiger partial charge in [-0.3, -0.25) is 4.79 Å². The van der Waals surface area contributed by atoms with E-state index < -0.39 is 0 Å². The molecule has 0 saturated heterocycles. The van der Waals surface area contributed by atoms with Crippen molar-refractivity contribution >= 4 is 17.2 Å². The third-order valence-corrected chi connectivity index (χ3v) is 4.69. The van der Waals surface area contributed by atoms with Gasteiger partial charge < -0.3 is 19.4 Å². The number of aromatic nitrogens is 1. The summed E-state index contributed by atoms with van der Waals surface area (Å²) in [6, 6.07) is 13.4. The number of para-hydroxylation sites is 2. The van der Waals surface area contributed by atoms with E-state index in [1.807, 2.05) is 64.8 Å². The van der Waals surface area contributed by atoms with Crippen LogP contribution in [0.3, 0.4) is 0 Å². The van der Waals surface area contributed by atoms with Crippen LogP contribution in [-0.4, -0.2) is 29.7 Å². The summed E-state index contributed by atoms with van der Waals surface area (Å²) in [6.45, 7) is 0.822. The van der Waals surface area contributed by atoms with E-state index in [0.717, 1.165) is 11.4 Å². The number of nitrogens with zero attached hydrogens (tertiary/aromatic N) is 1. The highest BCUT2D eigenvalue weighted by Crippen LogP contribution is 2.30. The quantitative estimate of drug-likeness (QED) is 0.794. The molecule has 0 unspecified atom stereocenters. The molecule has 2 aromatic heterocycles. The van der Waals surface area contributed by atoms with Crippen LogP contribution in [0.4, 0.5) is 0 Å². The lowest BCUT2D eigenvalue weighted by atomic mass is 10.2. The molecule has 0 spiro atoms. The van der Waals surface area contributed by atoms with Crippen molar-refractivity contribution in [2.75, 3.05) is 13.2 Å². The maximum absolute atomic E-state index is 12.5. The first-order valence-corrected chi connectivity index (χ1v) is 8.57. The zero-order chi connectivity index (χ0) is 16.4. The summed E-state index contributed by atoms with van der Waals surface area (Å²) in [5.41, 5.74) is 0.883. The van der Waals surface area contributed by atoms with E-state index in [1.54, 1.807) is 0 Å². The van der Waals surface area contributed by atoms with Crippen molar-refractivity contribution in [1.82, 2.24) is 9.88 Å². The number of thiophene rings is 1. The van der Waals surface area contributed by atoms with Crippen LogP contribution in [0.2, 0.25) is 0 Å². The first-order valence-electron chi connectivity index (χ1n) is 7.69. The summed E-state index contributed by atoms with van der Waals surface area (Å²) in [5.74, 6) is 1.36. The second kappa shape index (κ2) is 6.41. The molecule has 1 aromatic carbocycles. The summed E-state index contributed by atoms with van der Waals surface area (Å²) < 4.78 is 13.5. The lowest BCUT2D eigenvalue weighted by Crippen LogP contribution is -2.40. The SMILES string of the molecule is O=C(NC[C@H]1COc2ccccc2O1)c1sccc1-n1cccc1. The molecular formula is C18H16N2O3S. The van der Waals surface area contributed by atoms with E-state index in [1.165, 1.54) is 11.3 Å². The highest BCUT2D eigenvalue weighted by molar-refractivity contribution is 7.12. The number of carbonyl (C=O) groups is 1. The molecule has 0 saturated carbocycles. The molecule has 0 aliphatic carbocycles. The van der Waals surface area contributed by atoms with Gasteiger partial charge in [0.25, 0.3) is 5.91 Å². The zero-order valence-electron chi connectivity index (χ0n) is 12.8. The van der Waals surface area contributed by atoms with Crippen molar-refractivity contribution in [3.05, 3.63) is 65.1 Å². The van der Waals surface area contributed by atoms with Crippen LogP contribution < -0.4 is 14.8 Å². The van der Waals surface area contributed by atoms with Gasteiger partial charge in [0.05, 0.1) is 12.2 Å². The van der Waals surface area contributed by atoms with Crippen molar-refractivity contribution in [3.8, 4) is 17.2 Å². The van der Waals surface area contributed by atoms with Gasteiger partial charge in [-0.2, -0.15) is 0 Å². The van der Waals surface area contributed by atoms with Gasteiger partial charge in [-0.25, -0.2) is 0 Å². The van der Waals surface area contributed by atoms with Crippen molar-refractivity contribution in [2.24, 2.45) is 0 Å². The summed E-state index contributed by atoms with van der Waals surface area (Å²) in [7, 11) is 0. The van der Waals surface area contributed by atoms with Crippen LogP contribution in [-0.2, 0) is 0 Å². The minimum Gasteiger partial charge on any atom is -0.486 e. The highest BCUT2D eigenvalue weighted by Gasteiger charge is 2.22. The van der Waals surface area contributed by atoms with Crippen LogP contribution in [0.5, 0.6) is 11.5 Å². The van der Waals surface area contributed by atoms with Gasteiger partial charge >= 0.3 is 0 Å². The average molecular weight is 340 g/mol. The van der Waals surface area contributed by atoms with Crippen molar-refractivity contribution in [2.45, 2.75) is 6.10 Å². The van der Waals surface area contributed by atoms with Crippen molar-refractivity contribution in [1.29, 1.82) is 0 Å². The molecule has 0 radical (unpaired) electrons. The summed E-state index contributed by atoms with van der Waals surface area (Å²) >= 11 is 1.43. The summed E-state index contributed by atoms with van der Waals surface area (Å²) in [6.07, 6.45) is 3.65. The molecule has 6 heteroatoms. The molecule has 1 N–H and O–H groups in total. The first-order chi connectivity index (χ1) is 11.8. The number of nitrogens with one attached hydrogen (secondary N) is 1. The Morgan fingerprint density at radius 1 is 1.17 bits per heavy atom. The molecule has 24 heavy (non-hydrogen) atoms. The van der Waals surface area contributed by atoms with E-state index in [4.69, 9.17) is 9.47 Å². The van der Waals surface area contributed by atoms with Gasteiger partial charge in [-0.05, 0) is 35.7 Å². The topological polar surface area (TPSA) is 52.5 Å². The molecule has 5 nitrogen and oxygen atoms in total. The van der Waals surface area contributed by atoms with Gasteiger partial charge in [0.1, 0.15) is 17.6 Å². The van der Waals surface area contributed by atoms with Gasteiger partial charge in [-0.1, -0.05) is 12.1 Å². The fourth-order valence-electron chi connectivity index (χ4n) is 2.62. The Morgan fingerprint density at radius 3 is 2.79 bits per heavy atom. The summed E-state index contributed by atoms with van der Waals surface area (Å²) in [5, 5.41) is 4.86. The van der Waals surface area contributed by atoms with E-state index in [0.29, 0.717) is 23.8 Å². The Morgan fingerprint density at radius 2 is 1.96 bits per heavy atom. The number of benzene rings is 1. The van der Waals surface area contributed by atoms with Crippen LogP contribution in [0, 0.1) is 0 Å². The monoisotopic (exact) mass is 340 g/mol. The molecular weight excluding hydrogens is 324 g/mol. The minimum atomic E-state index is -0.196. The van der Waals surface area contributed by atoms with Crippen LogP contribution in [0.25, 0.3) is 5.69 Å². The molecule has 1 amide bonds. The average Bonchev–Trinajstić information content (AvgIpc) is 3.30. The molecule has 122 valence electrons. The fourth-order valence-corrected chi connectivity index (χ4v) is 3.43. The highest BCUT2D eigenvalue weighted by atomic mass is 32.1. The molecule has 0 fully saturated rings. The van der Waals surface area contributed by atoms with Crippen molar-refractivity contribution < 1.29 is 14.3 Å². The minimum absolute atomic E-state index is 0.101. The first kappa shape index (κ1) is 14.8. The van der Waals surface area contributed by atoms with E-state index in [9.17, 15) is 4.79 Å². The molecule has 3 aromatic rings. The van der Waals surface area contributed by atoms with Gasteiger partial charge in [0, 0.05) is 12.4 Å². The third-order valence-electron chi connectivity index (χ3n) is 3.79. The maximum atomic E-state index is 12.5. The zero-order valence-corrected chi connectivity index (χ0v) is 13.7. The molecule has 1 aliphatic rings. The van der Waals surface area contributed by atoms with Gasteiger partial charge in [0.2, 0.25) is 0 Å².